The number of nitrogens with one attached hydrogen (secondary N) is 3. The van der Waals surface area contributed by atoms with Crippen molar-refractivity contribution in [2.45, 2.75) is 70.0 Å². The second-order valence-corrected chi connectivity index (χ2v) is 14.9. The number of benzene rings is 4. The van der Waals surface area contributed by atoms with Crippen molar-refractivity contribution in [3.05, 3.63) is 125 Å². The number of anilines is 1. The van der Waals surface area contributed by atoms with Gasteiger partial charge in [-0.05, 0) is 64.3 Å². The van der Waals surface area contributed by atoms with Gasteiger partial charge in [-0.1, -0.05) is 111 Å². The molecule has 2 aliphatic carbocycles. The zero-order valence-corrected chi connectivity index (χ0v) is 31.5. The lowest BCUT2D eigenvalue weighted by molar-refractivity contribution is -0.138. The molecular formula is C45H51N5O5. The van der Waals surface area contributed by atoms with Gasteiger partial charge in [0.25, 0.3) is 0 Å². The maximum atomic E-state index is 13.7. The van der Waals surface area contributed by atoms with E-state index in [0.717, 1.165) is 73.1 Å². The van der Waals surface area contributed by atoms with Gasteiger partial charge < -0.3 is 25.6 Å². The number of fused-ring (bicyclic) bond motifs is 3. The number of ether oxygens (including phenoxy) is 1. The first-order valence-electron chi connectivity index (χ1n) is 19.7. The molecule has 0 unspecified atom stereocenters. The van der Waals surface area contributed by atoms with E-state index in [1.807, 2.05) is 59.5 Å². The van der Waals surface area contributed by atoms with Gasteiger partial charge in [0, 0.05) is 57.2 Å². The molecule has 0 bridgehead atoms. The van der Waals surface area contributed by atoms with Gasteiger partial charge >= 0.3 is 6.09 Å². The van der Waals surface area contributed by atoms with Crippen molar-refractivity contribution in [2.75, 3.05) is 38.1 Å². The van der Waals surface area contributed by atoms with Crippen LogP contribution in [-0.2, 0) is 32.1 Å². The topological polar surface area (TPSA) is 120 Å². The van der Waals surface area contributed by atoms with E-state index in [-0.39, 0.29) is 42.6 Å². The molecule has 1 heterocycles. The van der Waals surface area contributed by atoms with E-state index in [1.165, 1.54) is 5.56 Å². The number of carbonyl (C=O) groups excluding carboxylic acids is 4. The van der Waals surface area contributed by atoms with Gasteiger partial charge in [-0.3, -0.25) is 19.3 Å². The van der Waals surface area contributed by atoms with Crippen LogP contribution in [0.15, 0.2) is 103 Å². The number of nitrogens with zero attached hydrogens (tertiary/aromatic N) is 2. The van der Waals surface area contributed by atoms with Gasteiger partial charge in [0.05, 0.1) is 0 Å². The second kappa shape index (κ2) is 17.8. The van der Waals surface area contributed by atoms with E-state index in [1.54, 1.807) is 19.1 Å². The Bertz CT molecular complexity index is 1910. The van der Waals surface area contributed by atoms with Crippen molar-refractivity contribution < 1.29 is 23.9 Å². The molecule has 10 nitrogen and oxygen atoms in total. The Hall–Kier alpha value is -5.48. The normalized spacial score (nSPS) is 16.8. The van der Waals surface area contributed by atoms with Crippen LogP contribution in [0.4, 0.5) is 10.5 Å². The molecule has 1 aliphatic heterocycles. The Balaban J connectivity index is 0.949. The monoisotopic (exact) mass is 741 g/mol. The minimum atomic E-state index is -0.739. The van der Waals surface area contributed by atoms with E-state index < -0.39 is 18.2 Å². The minimum absolute atomic E-state index is 0.00825. The van der Waals surface area contributed by atoms with Crippen LogP contribution in [0.1, 0.15) is 67.2 Å². The molecule has 10 heteroatoms. The first-order chi connectivity index (χ1) is 26.9. The predicted molar refractivity (Wildman–Crippen MR) is 213 cm³/mol. The fraction of sp³-hybridized carbons (Fsp3) is 0.378. The lowest BCUT2D eigenvalue weighted by Crippen LogP contribution is -2.55. The van der Waals surface area contributed by atoms with Gasteiger partial charge in [-0.25, -0.2) is 4.79 Å². The first-order valence-corrected chi connectivity index (χ1v) is 19.7. The van der Waals surface area contributed by atoms with E-state index in [9.17, 15) is 19.2 Å². The third-order valence-corrected chi connectivity index (χ3v) is 11.3. The number of amides is 4. The summed E-state index contributed by atoms with van der Waals surface area (Å²) < 4.78 is 5.82. The Kier molecular flexibility index (Phi) is 12.2. The van der Waals surface area contributed by atoms with Crippen LogP contribution in [0, 0.1) is 5.92 Å². The third-order valence-electron chi connectivity index (χ3n) is 11.3. The standard InChI is InChI=1S/C45H51N5O5/c1-2-41(51)47-40(44(53)50-26-24-49(25-27-50)29-32-12-4-3-5-13-32)28-31-20-22-34(23-21-31)46-43(52)42(33-14-6-7-15-33)48-45(54)55-30-39-37-18-10-8-16-35(37)36-17-9-11-19-38(36)39/h3-5,8-13,16-23,33,39-40,42H,2,6-7,14-15,24-30H2,1H3,(H,46,52)(H,47,51)(H,48,54)/t40-,42+/m1/s1. The number of hydrogen-bond donors (Lipinski definition) is 3. The fourth-order valence-corrected chi connectivity index (χ4v) is 8.32. The maximum absolute atomic E-state index is 13.7. The van der Waals surface area contributed by atoms with Gasteiger partial charge in [0.1, 0.15) is 18.7 Å². The summed E-state index contributed by atoms with van der Waals surface area (Å²) in [7, 11) is 0. The van der Waals surface area contributed by atoms with Crippen LogP contribution < -0.4 is 16.0 Å². The summed E-state index contributed by atoms with van der Waals surface area (Å²) in [4.78, 5) is 57.5. The van der Waals surface area contributed by atoms with Crippen molar-refractivity contribution in [2.24, 2.45) is 5.92 Å². The summed E-state index contributed by atoms with van der Waals surface area (Å²) in [5, 5.41) is 8.87. The molecule has 286 valence electrons. The highest BCUT2D eigenvalue weighted by Gasteiger charge is 2.34. The van der Waals surface area contributed by atoms with Crippen LogP contribution in [-0.4, -0.2) is 78.5 Å². The molecule has 0 aromatic heterocycles. The molecule has 7 rings (SSSR count). The molecule has 3 N–H and O–H groups in total. The molecule has 1 saturated heterocycles. The van der Waals surface area contributed by atoms with Gasteiger partial charge in [-0.15, -0.1) is 0 Å². The first kappa shape index (κ1) is 37.8. The van der Waals surface area contributed by atoms with Gasteiger partial charge in [0.2, 0.25) is 17.7 Å². The number of rotatable bonds is 13. The van der Waals surface area contributed by atoms with Crippen molar-refractivity contribution >= 4 is 29.5 Å². The zero-order valence-electron chi connectivity index (χ0n) is 31.5. The van der Waals surface area contributed by atoms with Crippen LogP contribution in [0.5, 0.6) is 0 Å². The second-order valence-electron chi connectivity index (χ2n) is 14.9. The molecule has 2 fully saturated rings. The van der Waals surface area contributed by atoms with Crippen molar-refractivity contribution in [1.82, 2.24) is 20.4 Å². The maximum Gasteiger partial charge on any atom is 0.407 e. The van der Waals surface area contributed by atoms with Gasteiger partial charge in [-0.2, -0.15) is 0 Å². The molecular weight excluding hydrogens is 691 g/mol. The lowest BCUT2D eigenvalue weighted by Gasteiger charge is -2.36. The molecule has 55 heavy (non-hydrogen) atoms. The molecule has 0 radical (unpaired) electrons. The van der Waals surface area contributed by atoms with E-state index in [2.05, 4.69) is 57.2 Å². The van der Waals surface area contributed by atoms with Crippen molar-refractivity contribution in [1.29, 1.82) is 0 Å². The predicted octanol–water partition coefficient (Wildman–Crippen LogP) is 6.50. The number of carbonyl (C=O) groups is 4. The highest BCUT2D eigenvalue weighted by molar-refractivity contribution is 5.97. The average molecular weight is 742 g/mol. The Morgan fingerprint density at radius 1 is 0.727 bits per heavy atom. The average Bonchev–Trinajstić information content (AvgIpc) is 3.87. The van der Waals surface area contributed by atoms with E-state index in [4.69, 9.17) is 4.74 Å². The molecule has 4 aromatic carbocycles. The zero-order chi connectivity index (χ0) is 38.1. The smallest absolute Gasteiger partial charge is 0.407 e. The summed E-state index contributed by atoms with van der Waals surface area (Å²) >= 11 is 0. The largest absolute Gasteiger partial charge is 0.449 e. The molecule has 4 aromatic rings. The Morgan fingerprint density at radius 3 is 1.98 bits per heavy atom. The number of hydrogen-bond acceptors (Lipinski definition) is 6. The summed E-state index contributed by atoms with van der Waals surface area (Å²) in [6.07, 6.45) is 3.72. The van der Waals surface area contributed by atoms with Crippen molar-refractivity contribution in [3.8, 4) is 11.1 Å². The summed E-state index contributed by atoms with van der Waals surface area (Å²) in [5.74, 6) is -0.614. The SMILES string of the molecule is CCC(=O)N[C@H](Cc1ccc(NC(=O)[C@@H](NC(=O)OCC2c3ccccc3-c3ccccc32)C2CCCC2)cc1)C(=O)N1CCN(Cc2ccccc2)CC1. The highest BCUT2D eigenvalue weighted by Crippen LogP contribution is 2.44. The van der Waals surface area contributed by atoms with Crippen LogP contribution >= 0.6 is 0 Å². The summed E-state index contributed by atoms with van der Waals surface area (Å²) in [6.45, 7) is 5.52. The number of piperazine rings is 1. The highest BCUT2D eigenvalue weighted by atomic mass is 16.5. The number of alkyl carbamates (subject to hydrolysis) is 1. The quantitative estimate of drug-likeness (QED) is 0.144. The molecule has 0 spiro atoms. The van der Waals surface area contributed by atoms with Gasteiger partial charge in [0.15, 0.2) is 0 Å². The van der Waals surface area contributed by atoms with E-state index >= 15 is 0 Å². The van der Waals surface area contributed by atoms with Crippen LogP contribution in [0.25, 0.3) is 11.1 Å². The van der Waals surface area contributed by atoms with Crippen molar-refractivity contribution in [3.63, 3.8) is 0 Å². The molecule has 4 amide bonds. The van der Waals surface area contributed by atoms with E-state index in [0.29, 0.717) is 25.2 Å². The van der Waals surface area contributed by atoms with Crippen LogP contribution in [0.3, 0.4) is 0 Å². The minimum Gasteiger partial charge on any atom is -0.449 e. The molecule has 1 saturated carbocycles. The fourth-order valence-electron chi connectivity index (χ4n) is 8.32. The summed E-state index contributed by atoms with van der Waals surface area (Å²) in [6, 6.07) is 32.6. The third kappa shape index (κ3) is 9.25. The lowest BCUT2D eigenvalue weighted by atomic mass is 9.97. The Labute approximate surface area is 323 Å². The molecule has 2 atom stereocenters. The summed E-state index contributed by atoms with van der Waals surface area (Å²) in [5.41, 5.74) is 7.26. The Morgan fingerprint density at radius 2 is 1.35 bits per heavy atom. The van der Waals surface area contributed by atoms with Crippen LogP contribution in [0.2, 0.25) is 0 Å². The molecule has 3 aliphatic rings.